The highest BCUT2D eigenvalue weighted by Crippen LogP contribution is 1.94. The summed E-state index contributed by atoms with van der Waals surface area (Å²) in [4.78, 5) is 12.4. The smallest absolute Gasteiger partial charge is 0.347 e. The van der Waals surface area contributed by atoms with Crippen LogP contribution in [0.25, 0.3) is 0 Å². The maximum absolute atomic E-state index is 10.9. The number of carbonyl (C=O) groups is 1. The minimum atomic E-state index is -1.51. The molecule has 0 aromatic carbocycles. The van der Waals surface area contributed by atoms with Gasteiger partial charge in [0.15, 0.2) is 0 Å². The first-order valence-corrected chi connectivity index (χ1v) is 4.90. The topological polar surface area (TPSA) is 46.6 Å². The Balaban J connectivity index is 3.89. The van der Waals surface area contributed by atoms with Gasteiger partial charge in [-0.05, 0) is 13.8 Å². The van der Waals surface area contributed by atoms with Crippen LogP contribution in [0.4, 0.5) is 4.79 Å². The molecule has 0 spiro atoms. The Morgan fingerprint density at radius 3 is 2.18 bits per heavy atom. The van der Waals surface area contributed by atoms with Crippen LogP contribution in [0.3, 0.4) is 0 Å². The Morgan fingerprint density at radius 1 is 1.45 bits per heavy atom. The lowest BCUT2D eigenvalue weighted by molar-refractivity contribution is 0.163. The van der Waals surface area contributed by atoms with E-state index in [4.69, 9.17) is 0 Å². The minimum Gasteiger partial charge on any atom is -0.347 e. The van der Waals surface area contributed by atoms with Gasteiger partial charge in [-0.1, -0.05) is 0 Å². The molecule has 1 amide bonds. The van der Waals surface area contributed by atoms with Crippen LogP contribution in [0.2, 0.25) is 0 Å². The lowest BCUT2D eigenvalue weighted by Crippen LogP contribution is -2.31. The van der Waals surface area contributed by atoms with E-state index in [0.717, 1.165) is 0 Å². The van der Waals surface area contributed by atoms with Crippen molar-refractivity contribution in [1.82, 2.24) is 4.90 Å². The van der Waals surface area contributed by atoms with E-state index >= 15 is 0 Å². The predicted octanol–water partition coefficient (Wildman–Crippen LogP) is 0.758. The summed E-state index contributed by atoms with van der Waals surface area (Å²) >= 11 is -1.51. The highest BCUT2D eigenvalue weighted by molar-refractivity contribution is 7.79. The molecule has 1 unspecified atom stereocenters. The van der Waals surface area contributed by atoms with Gasteiger partial charge < -0.3 is 9.08 Å². The van der Waals surface area contributed by atoms with Gasteiger partial charge in [-0.2, -0.15) is 0 Å². The van der Waals surface area contributed by atoms with Crippen LogP contribution >= 0.6 is 0 Å². The zero-order valence-electron chi connectivity index (χ0n) is 6.99. The molecule has 66 valence electrons. The second-order valence-electron chi connectivity index (χ2n) is 1.92. The molecule has 0 aliphatic carbocycles. The quantitative estimate of drug-likeness (QED) is 0.642. The van der Waals surface area contributed by atoms with Crippen molar-refractivity contribution in [2.24, 2.45) is 0 Å². The van der Waals surface area contributed by atoms with E-state index in [1.165, 1.54) is 11.2 Å². The Bertz CT molecular complexity index is 156. The largest absolute Gasteiger partial charge is 0.423 e. The zero-order chi connectivity index (χ0) is 8.85. The predicted molar refractivity (Wildman–Crippen MR) is 43.5 cm³/mol. The number of hydrogen-bond acceptors (Lipinski definition) is 3. The summed E-state index contributed by atoms with van der Waals surface area (Å²) in [6, 6.07) is 0. The average molecular weight is 179 g/mol. The lowest BCUT2D eigenvalue weighted by atomic mass is 10.6. The molecule has 0 saturated heterocycles. The van der Waals surface area contributed by atoms with Crippen LogP contribution in [0.5, 0.6) is 0 Å². The molecule has 0 rings (SSSR count). The maximum atomic E-state index is 10.9. The third-order valence-corrected chi connectivity index (χ3v) is 1.59. The number of carbonyl (C=O) groups excluding carboxylic acids is 1. The van der Waals surface area contributed by atoms with Crippen molar-refractivity contribution in [3.8, 4) is 0 Å². The van der Waals surface area contributed by atoms with Crippen LogP contribution in [0.1, 0.15) is 13.8 Å². The van der Waals surface area contributed by atoms with Crippen LogP contribution in [0, 0.1) is 0 Å². The third kappa shape index (κ3) is 3.98. The summed E-state index contributed by atoms with van der Waals surface area (Å²) in [7, 11) is 0. The molecular formula is C6H13NO3S. The van der Waals surface area contributed by atoms with Crippen LogP contribution in [-0.4, -0.2) is 34.5 Å². The molecule has 5 heteroatoms. The molecule has 0 saturated carbocycles. The van der Waals surface area contributed by atoms with Crippen LogP contribution in [0.15, 0.2) is 0 Å². The third-order valence-electron chi connectivity index (χ3n) is 1.21. The second-order valence-corrected chi connectivity index (χ2v) is 2.89. The molecule has 0 N–H and O–H groups in total. The molecule has 0 aliphatic heterocycles. The molecule has 4 nitrogen and oxygen atoms in total. The van der Waals surface area contributed by atoms with Gasteiger partial charge in [-0.3, -0.25) is 0 Å². The van der Waals surface area contributed by atoms with Crippen molar-refractivity contribution in [2.75, 3.05) is 19.3 Å². The highest BCUT2D eigenvalue weighted by atomic mass is 32.2. The Hall–Kier alpha value is -0.580. The fourth-order valence-electron chi connectivity index (χ4n) is 0.635. The SMILES string of the molecule is CCN(CC)C(=O)OS(C)=O. The van der Waals surface area contributed by atoms with Gasteiger partial charge in [0, 0.05) is 19.3 Å². The summed E-state index contributed by atoms with van der Waals surface area (Å²) in [5, 5.41) is 0. The molecule has 0 fully saturated rings. The van der Waals surface area contributed by atoms with Gasteiger partial charge in [0.1, 0.15) is 0 Å². The molecular weight excluding hydrogens is 166 g/mol. The summed E-state index contributed by atoms with van der Waals surface area (Å²) in [6.45, 7) is 4.83. The minimum absolute atomic E-state index is 0.518. The van der Waals surface area contributed by atoms with Crippen molar-refractivity contribution in [3.05, 3.63) is 0 Å². The standard InChI is InChI=1S/C6H13NO3S/c1-4-7(5-2)6(8)10-11(3)9/h4-5H2,1-3H3. The van der Waals surface area contributed by atoms with E-state index in [9.17, 15) is 9.00 Å². The van der Waals surface area contributed by atoms with E-state index in [1.807, 2.05) is 13.8 Å². The van der Waals surface area contributed by atoms with Crippen molar-refractivity contribution in [1.29, 1.82) is 0 Å². The molecule has 11 heavy (non-hydrogen) atoms. The van der Waals surface area contributed by atoms with E-state index < -0.39 is 17.2 Å². The maximum Gasteiger partial charge on any atom is 0.423 e. The second kappa shape index (κ2) is 5.12. The first-order valence-electron chi connectivity index (χ1n) is 3.42. The van der Waals surface area contributed by atoms with Crippen molar-refractivity contribution in [2.45, 2.75) is 13.8 Å². The number of hydrogen-bond donors (Lipinski definition) is 0. The first kappa shape index (κ1) is 10.4. The van der Waals surface area contributed by atoms with Gasteiger partial charge in [-0.15, -0.1) is 0 Å². The molecule has 0 heterocycles. The summed E-state index contributed by atoms with van der Waals surface area (Å²) in [5.41, 5.74) is 0. The fourth-order valence-corrected chi connectivity index (χ4v) is 0.941. The summed E-state index contributed by atoms with van der Waals surface area (Å²) in [6.07, 6.45) is 0.803. The van der Waals surface area contributed by atoms with Gasteiger partial charge in [0.2, 0.25) is 11.1 Å². The number of rotatable bonds is 3. The van der Waals surface area contributed by atoms with Gasteiger partial charge >= 0.3 is 6.09 Å². The average Bonchev–Trinajstić information content (AvgIpc) is 1.88. The fraction of sp³-hybridized carbons (Fsp3) is 0.833. The molecule has 0 aliphatic rings. The highest BCUT2D eigenvalue weighted by Gasteiger charge is 2.11. The van der Waals surface area contributed by atoms with E-state index in [0.29, 0.717) is 13.1 Å². The first-order chi connectivity index (χ1) is 5.11. The molecule has 1 atom stereocenters. The van der Waals surface area contributed by atoms with Crippen molar-refractivity contribution < 1.29 is 13.2 Å². The van der Waals surface area contributed by atoms with Gasteiger partial charge in [0.25, 0.3) is 0 Å². The van der Waals surface area contributed by atoms with E-state index in [1.54, 1.807) is 0 Å². The van der Waals surface area contributed by atoms with Gasteiger partial charge in [-0.25, -0.2) is 9.00 Å². The molecule has 0 bridgehead atoms. The van der Waals surface area contributed by atoms with Gasteiger partial charge in [0.05, 0.1) is 0 Å². The summed E-state index contributed by atoms with van der Waals surface area (Å²) < 4.78 is 14.9. The monoisotopic (exact) mass is 179 g/mol. The number of amides is 1. The normalized spacial score (nSPS) is 12.3. The Morgan fingerprint density at radius 2 is 1.91 bits per heavy atom. The van der Waals surface area contributed by atoms with Crippen molar-refractivity contribution >= 4 is 17.2 Å². The molecule has 0 radical (unpaired) electrons. The molecule has 0 aromatic rings. The van der Waals surface area contributed by atoms with E-state index in [2.05, 4.69) is 4.18 Å². The Kier molecular flexibility index (Phi) is 4.85. The summed E-state index contributed by atoms with van der Waals surface area (Å²) in [5.74, 6) is 0. The van der Waals surface area contributed by atoms with Crippen molar-refractivity contribution in [3.63, 3.8) is 0 Å². The molecule has 0 aromatic heterocycles. The zero-order valence-corrected chi connectivity index (χ0v) is 7.81. The lowest BCUT2D eigenvalue weighted by Gasteiger charge is -2.15. The van der Waals surface area contributed by atoms with Crippen LogP contribution < -0.4 is 0 Å². The van der Waals surface area contributed by atoms with Crippen LogP contribution in [-0.2, 0) is 15.3 Å². The number of nitrogens with zero attached hydrogens (tertiary/aromatic N) is 1. The Labute approximate surface area is 69.2 Å². The van der Waals surface area contributed by atoms with E-state index in [-0.39, 0.29) is 0 Å².